The fourth-order valence-corrected chi connectivity index (χ4v) is 2.70. The quantitative estimate of drug-likeness (QED) is 0.669. The molecule has 2 aromatic carbocycles. The van der Waals surface area contributed by atoms with Crippen molar-refractivity contribution < 1.29 is 4.39 Å². The maximum absolute atomic E-state index is 13.2. The van der Waals surface area contributed by atoms with Crippen LogP contribution in [0.15, 0.2) is 51.8 Å². The first-order valence-electron chi connectivity index (χ1n) is 5.07. The minimum atomic E-state index is -0.357. The highest BCUT2D eigenvalue weighted by atomic mass is 79.9. The van der Waals surface area contributed by atoms with E-state index in [1.165, 1.54) is 11.6 Å². The molecule has 2 N–H and O–H groups in total. The van der Waals surface area contributed by atoms with Crippen molar-refractivity contribution >= 4 is 33.4 Å². The molecule has 0 unspecified atom stereocenters. The molecule has 0 bridgehead atoms. The van der Waals surface area contributed by atoms with Gasteiger partial charge < -0.3 is 5.73 Å². The molecule has 0 atom stereocenters. The van der Waals surface area contributed by atoms with Crippen molar-refractivity contribution in [3.63, 3.8) is 0 Å². The molecule has 0 saturated carbocycles. The molecular formula is C13H11BrFNS. The Balaban J connectivity index is 2.05. The second-order valence-corrected chi connectivity index (χ2v) is 5.57. The Kier molecular flexibility index (Phi) is 4.07. The molecule has 2 rings (SSSR count). The minimum Gasteiger partial charge on any atom is -0.396 e. The van der Waals surface area contributed by atoms with Crippen LogP contribution in [0.5, 0.6) is 0 Å². The van der Waals surface area contributed by atoms with Crippen LogP contribution in [0, 0.1) is 5.82 Å². The summed E-state index contributed by atoms with van der Waals surface area (Å²) in [6, 6.07) is 13.0. The van der Waals surface area contributed by atoms with Gasteiger partial charge in [0.1, 0.15) is 5.82 Å². The van der Waals surface area contributed by atoms with Crippen LogP contribution in [0.1, 0.15) is 5.56 Å². The third-order valence-electron chi connectivity index (χ3n) is 2.27. The summed E-state index contributed by atoms with van der Waals surface area (Å²) in [7, 11) is 0. The SMILES string of the molecule is Nc1ccc(SCc2cccc(Br)c2)cc1F. The Morgan fingerprint density at radius 3 is 2.71 bits per heavy atom. The van der Waals surface area contributed by atoms with E-state index in [9.17, 15) is 4.39 Å². The Bertz CT molecular complexity index is 531. The predicted octanol–water partition coefficient (Wildman–Crippen LogP) is 4.46. The van der Waals surface area contributed by atoms with E-state index in [4.69, 9.17) is 5.73 Å². The third kappa shape index (κ3) is 3.48. The first kappa shape index (κ1) is 12.5. The van der Waals surface area contributed by atoms with Crippen LogP contribution in [-0.4, -0.2) is 0 Å². The largest absolute Gasteiger partial charge is 0.396 e. The molecule has 17 heavy (non-hydrogen) atoms. The lowest BCUT2D eigenvalue weighted by molar-refractivity contribution is 0.629. The summed E-state index contributed by atoms with van der Waals surface area (Å²) in [5.41, 5.74) is 6.81. The molecule has 2 aromatic rings. The number of benzene rings is 2. The molecular weight excluding hydrogens is 301 g/mol. The molecule has 0 amide bonds. The van der Waals surface area contributed by atoms with Crippen molar-refractivity contribution in [2.24, 2.45) is 0 Å². The standard InChI is InChI=1S/C13H11BrFNS/c14-10-3-1-2-9(6-10)8-17-11-4-5-13(16)12(15)7-11/h1-7H,8,16H2. The van der Waals surface area contributed by atoms with Crippen molar-refractivity contribution in [2.45, 2.75) is 10.6 Å². The molecule has 0 aliphatic heterocycles. The number of hydrogen-bond acceptors (Lipinski definition) is 2. The van der Waals surface area contributed by atoms with E-state index in [2.05, 4.69) is 22.0 Å². The summed E-state index contributed by atoms with van der Waals surface area (Å²) >= 11 is 5.01. The zero-order chi connectivity index (χ0) is 12.3. The second-order valence-electron chi connectivity index (χ2n) is 3.60. The molecule has 4 heteroatoms. The van der Waals surface area contributed by atoms with Crippen LogP contribution < -0.4 is 5.73 Å². The maximum atomic E-state index is 13.2. The third-order valence-corrected chi connectivity index (χ3v) is 3.82. The molecule has 0 heterocycles. The summed E-state index contributed by atoms with van der Waals surface area (Å²) in [5, 5.41) is 0. The van der Waals surface area contributed by atoms with Gasteiger partial charge in [0.2, 0.25) is 0 Å². The Morgan fingerprint density at radius 1 is 1.18 bits per heavy atom. The van der Waals surface area contributed by atoms with Crippen LogP contribution in [-0.2, 0) is 5.75 Å². The van der Waals surface area contributed by atoms with Crippen LogP contribution in [0.3, 0.4) is 0 Å². The number of thioether (sulfide) groups is 1. The van der Waals surface area contributed by atoms with E-state index in [0.717, 1.165) is 15.1 Å². The van der Waals surface area contributed by atoms with Gasteiger partial charge in [-0.15, -0.1) is 11.8 Å². The lowest BCUT2D eigenvalue weighted by atomic mass is 10.2. The highest BCUT2D eigenvalue weighted by Crippen LogP contribution is 2.26. The van der Waals surface area contributed by atoms with E-state index in [1.807, 2.05) is 24.3 Å². The monoisotopic (exact) mass is 311 g/mol. The molecule has 0 spiro atoms. The summed E-state index contributed by atoms with van der Waals surface area (Å²) < 4.78 is 14.3. The Hall–Kier alpha value is -1.00. The van der Waals surface area contributed by atoms with Crippen molar-refractivity contribution in [1.82, 2.24) is 0 Å². The summed E-state index contributed by atoms with van der Waals surface area (Å²) in [4.78, 5) is 0.886. The average molecular weight is 312 g/mol. The van der Waals surface area contributed by atoms with E-state index in [0.29, 0.717) is 0 Å². The Morgan fingerprint density at radius 2 is 2.00 bits per heavy atom. The van der Waals surface area contributed by atoms with Gasteiger partial charge in [0.05, 0.1) is 5.69 Å². The van der Waals surface area contributed by atoms with Gasteiger partial charge in [-0.25, -0.2) is 4.39 Å². The topological polar surface area (TPSA) is 26.0 Å². The average Bonchev–Trinajstić information content (AvgIpc) is 2.31. The van der Waals surface area contributed by atoms with E-state index in [1.54, 1.807) is 17.8 Å². The highest BCUT2D eigenvalue weighted by molar-refractivity contribution is 9.10. The highest BCUT2D eigenvalue weighted by Gasteiger charge is 2.01. The van der Waals surface area contributed by atoms with Gasteiger partial charge in [0.15, 0.2) is 0 Å². The number of hydrogen-bond donors (Lipinski definition) is 1. The molecule has 0 aromatic heterocycles. The zero-order valence-electron chi connectivity index (χ0n) is 8.99. The second kappa shape index (κ2) is 5.56. The van der Waals surface area contributed by atoms with Gasteiger partial charge in [-0.05, 0) is 35.9 Å². The maximum Gasteiger partial charge on any atom is 0.147 e. The fraction of sp³-hybridized carbons (Fsp3) is 0.0769. The number of rotatable bonds is 3. The van der Waals surface area contributed by atoms with E-state index >= 15 is 0 Å². The molecule has 0 radical (unpaired) electrons. The van der Waals surface area contributed by atoms with Gasteiger partial charge in [0.25, 0.3) is 0 Å². The lowest BCUT2D eigenvalue weighted by Crippen LogP contribution is -1.90. The van der Waals surface area contributed by atoms with Gasteiger partial charge in [-0.2, -0.15) is 0 Å². The number of nitrogen functional groups attached to an aromatic ring is 1. The fourth-order valence-electron chi connectivity index (χ4n) is 1.39. The first-order valence-corrected chi connectivity index (χ1v) is 6.85. The van der Waals surface area contributed by atoms with Crippen molar-refractivity contribution in [1.29, 1.82) is 0 Å². The van der Waals surface area contributed by atoms with Gasteiger partial charge in [-0.3, -0.25) is 0 Å². The van der Waals surface area contributed by atoms with E-state index < -0.39 is 0 Å². The van der Waals surface area contributed by atoms with Crippen molar-refractivity contribution in [3.05, 3.63) is 58.3 Å². The lowest BCUT2D eigenvalue weighted by Gasteiger charge is -2.04. The number of nitrogens with two attached hydrogens (primary N) is 1. The summed E-state index contributed by atoms with van der Waals surface area (Å²) in [5.74, 6) is 0.451. The molecule has 0 fully saturated rings. The van der Waals surface area contributed by atoms with Crippen molar-refractivity contribution in [2.75, 3.05) is 5.73 Å². The number of anilines is 1. The molecule has 88 valence electrons. The van der Waals surface area contributed by atoms with Gasteiger partial charge >= 0.3 is 0 Å². The first-order chi connectivity index (χ1) is 8.15. The molecule has 1 nitrogen and oxygen atoms in total. The van der Waals surface area contributed by atoms with E-state index in [-0.39, 0.29) is 11.5 Å². The molecule has 0 saturated heterocycles. The summed E-state index contributed by atoms with van der Waals surface area (Å²) in [6.07, 6.45) is 0. The zero-order valence-corrected chi connectivity index (χ0v) is 11.4. The molecule has 0 aliphatic carbocycles. The smallest absolute Gasteiger partial charge is 0.147 e. The Labute approximate surface area is 112 Å². The van der Waals surface area contributed by atoms with Gasteiger partial charge in [0, 0.05) is 15.1 Å². The van der Waals surface area contributed by atoms with Crippen LogP contribution in [0.2, 0.25) is 0 Å². The normalized spacial score (nSPS) is 10.5. The number of halogens is 2. The van der Waals surface area contributed by atoms with Crippen LogP contribution in [0.4, 0.5) is 10.1 Å². The predicted molar refractivity (Wildman–Crippen MR) is 74.5 cm³/mol. The van der Waals surface area contributed by atoms with Crippen molar-refractivity contribution in [3.8, 4) is 0 Å². The minimum absolute atomic E-state index is 0.191. The summed E-state index contributed by atoms with van der Waals surface area (Å²) in [6.45, 7) is 0. The van der Waals surface area contributed by atoms with Crippen LogP contribution in [0.25, 0.3) is 0 Å². The van der Waals surface area contributed by atoms with Crippen LogP contribution >= 0.6 is 27.7 Å². The van der Waals surface area contributed by atoms with Gasteiger partial charge in [-0.1, -0.05) is 28.1 Å². The molecule has 0 aliphatic rings.